The molecule has 0 bridgehead atoms. The molecular weight excluding hydrogens is 252 g/mol. The van der Waals surface area contributed by atoms with Crippen LogP contribution in [0.3, 0.4) is 0 Å². The molecule has 0 N–H and O–H groups in total. The Labute approximate surface area is 117 Å². The van der Waals surface area contributed by atoms with Gasteiger partial charge in [0.15, 0.2) is 0 Å². The number of hydrogen-bond acceptors (Lipinski definition) is 2. The van der Waals surface area contributed by atoms with Crippen LogP contribution in [0.4, 0.5) is 0 Å². The molecule has 0 heterocycles. The van der Waals surface area contributed by atoms with E-state index in [1.807, 2.05) is 12.1 Å². The second kappa shape index (κ2) is 5.82. The van der Waals surface area contributed by atoms with Crippen molar-refractivity contribution in [2.75, 3.05) is 7.11 Å². The molecule has 0 aliphatic heterocycles. The number of ether oxygens (including phenoxy) is 1. The van der Waals surface area contributed by atoms with Gasteiger partial charge in [-0.05, 0) is 50.5 Å². The highest BCUT2D eigenvalue weighted by atomic mass is 28.4. The zero-order chi connectivity index (χ0) is 13.9. The van der Waals surface area contributed by atoms with Crippen LogP contribution >= 0.6 is 0 Å². The number of para-hydroxylation sites is 1. The van der Waals surface area contributed by atoms with Crippen molar-refractivity contribution in [3.05, 3.63) is 35.6 Å². The maximum absolute atomic E-state index is 6.31. The summed E-state index contributed by atoms with van der Waals surface area (Å²) in [6.07, 6.45) is 4.64. The van der Waals surface area contributed by atoms with E-state index in [1.165, 1.54) is 29.7 Å². The topological polar surface area (TPSA) is 18.5 Å². The number of methoxy groups -OCH3 is 1. The molecule has 0 fully saturated rings. The first-order valence-electron chi connectivity index (χ1n) is 7.06. The first-order valence-corrected chi connectivity index (χ1v) is 10.5. The Bertz CT molecular complexity index is 472. The van der Waals surface area contributed by atoms with E-state index in [9.17, 15) is 0 Å². The minimum absolute atomic E-state index is 0.955. The maximum Gasteiger partial charge on any atom is 0.241 e. The summed E-state index contributed by atoms with van der Waals surface area (Å²) >= 11 is 0. The van der Waals surface area contributed by atoms with E-state index in [1.54, 1.807) is 7.11 Å². The molecule has 0 aromatic heterocycles. The van der Waals surface area contributed by atoms with Crippen LogP contribution in [0.1, 0.15) is 31.2 Å². The molecule has 1 aliphatic rings. The predicted octanol–water partition coefficient (Wildman–Crippen LogP) is 4.83. The highest BCUT2D eigenvalue weighted by Crippen LogP contribution is 2.38. The molecule has 0 saturated heterocycles. The van der Waals surface area contributed by atoms with E-state index in [2.05, 4.69) is 31.8 Å². The summed E-state index contributed by atoms with van der Waals surface area (Å²) in [6.45, 7) is 6.73. The van der Waals surface area contributed by atoms with Crippen molar-refractivity contribution in [3.63, 3.8) is 0 Å². The Hall–Kier alpha value is -1.22. The molecule has 1 aliphatic carbocycles. The van der Waals surface area contributed by atoms with E-state index >= 15 is 0 Å². The van der Waals surface area contributed by atoms with E-state index in [4.69, 9.17) is 9.16 Å². The molecule has 0 unspecified atom stereocenters. The third kappa shape index (κ3) is 3.63. The lowest BCUT2D eigenvalue weighted by molar-refractivity contribution is 0.383. The molecule has 0 spiro atoms. The van der Waals surface area contributed by atoms with Crippen molar-refractivity contribution < 1.29 is 9.16 Å². The summed E-state index contributed by atoms with van der Waals surface area (Å²) < 4.78 is 11.8. The van der Waals surface area contributed by atoms with Crippen LogP contribution in [-0.2, 0) is 4.43 Å². The van der Waals surface area contributed by atoms with Gasteiger partial charge >= 0.3 is 0 Å². The second-order valence-corrected chi connectivity index (χ2v) is 10.5. The van der Waals surface area contributed by atoms with Gasteiger partial charge in [0.2, 0.25) is 8.32 Å². The SMILES string of the molecule is COc1ccccc1C1=C(O[Si](C)(C)C)CCCC1. The lowest BCUT2D eigenvalue weighted by Gasteiger charge is -2.28. The van der Waals surface area contributed by atoms with E-state index in [0.29, 0.717) is 0 Å². The normalized spacial score (nSPS) is 16.4. The van der Waals surface area contributed by atoms with Crippen LogP contribution in [0, 0.1) is 0 Å². The van der Waals surface area contributed by atoms with Gasteiger partial charge in [0.25, 0.3) is 0 Å². The van der Waals surface area contributed by atoms with E-state index in [-0.39, 0.29) is 0 Å². The monoisotopic (exact) mass is 276 g/mol. The van der Waals surface area contributed by atoms with Gasteiger partial charge in [-0.1, -0.05) is 18.2 Å². The van der Waals surface area contributed by atoms with Gasteiger partial charge in [-0.3, -0.25) is 0 Å². The number of rotatable bonds is 4. The van der Waals surface area contributed by atoms with Gasteiger partial charge in [-0.15, -0.1) is 0 Å². The fraction of sp³-hybridized carbons (Fsp3) is 0.500. The third-order valence-electron chi connectivity index (χ3n) is 3.28. The lowest BCUT2D eigenvalue weighted by Crippen LogP contribution is -2.26. The van der Waals surface area contributed by atoms with Gasteiger partial charge in [0, 0.05) is 12.0 Å². The number of hydrogen-bond donors (Lipinski definition) is 0. The van der Waals surface area contributed by atoms with E-state index in [0.717, 1.165) is 18.6 Å². The average molecular weight is 276 g/mol. The molecule has 0 atom stereocenters. The standard InChI is InChI=1S/C16H24O2Si/c1-17-15-11-7-5-9-13(15)14-10-6-8-12-16(14)18-19(2,3)4/h5,7,9,11H,6,8,10,12H2,1-4H3. The van der Waals surface area contributed by atoms with Gasteiger partial charge < -0.3 is 9.16 Å². The summed E-state index contributed by atoms with van der Waals surface area (Å²) in [6, 6.07) is 8.27. The van der Waals surface area contributed by atoms with Crippen molar-refractivity contribution >= 4 is 13.9 Å². The summed E-state index contributed by atoms with van der Waals surface area (Å²) in [4.78, 5) is 0. The third-order valence-corrected chi connectivity index (χ3v) is 4.14. The summed E-state index contributed by atoms with van der Waals surface area (Å²) in [5.41, 5.74) is 2.56. The minimum atomic E-state index is -1.55. The number of benzene rings is 1. The predicted molar refractivity (Wildman–Crippen MR) is 82.8 cm³/mol. The molecule has 0 amide bonds. The van der Waals surface area contributed by atoms with Crippen molar-refractivity contribution in [2.45, 2.75) is 45.3 Å². The molecule has 1 aromatic rings. The molecule has 104 valence electrons. The van der Waals surface area contributed by atoms with Crippen LogP contribution in [0.15, 0.2) is 30.0 Å². The molecule has 19 heavy (non-hydrogen) atoms. The second-order valence-electron chi connectivity index (χ2n) is 6.02. The molecule has 2 nitrogen and oxygen atoms in total. The van der Waals surface area contributed by atoms with E-state index < -0.39 is 8.32 Å². The zero-order valence-corrected chi connectivity index (χ0v) is 13.5. The first-order chi connectivity index (χ1) is 9.01. The maximum atomic E-state index is 6.31. The Morgan fingerprint density at radius 2 is 1.68 bits per heavy atom. The molecule has 1 aromatic carbocycles. The van der Waals surface area contributed by atoms with Crippen LogP contribution in [-0.4, -0.2) is 15.4 Å². The minimum Gasteiger partial charge on any atom is -0.547 e. The Balaban J connectivity index is 2.42. The van der Waals surface area contributed by atoms with Crippen LogP contribution in [0.2, 0.25) is 19.6 Å². The zero-order valence-electron chi connectivity index (χ0n) is 12.5. The summed E-state index contributed by atoms with van der Waals surface area (Å²) in [7, 11) is 0.192. The smallest absolute Gasteiger partial charge is 0.241 e. The average Bonchev–Trinajstić information content (AvgIpc) is 2.37. The highest BCUT2D eigenvalue weighted by molar-refractivity contribution is 6.70. The molecule has 0 saturated carbocycles. The van der Waals surface area contributed by atoms with Gasteiger partial charge in [-0.2, -0.15) is 0 Å². The largest absolute Gasteiger partial charge is 0.547 e. The molecule has 3 heteroatoms. The Kier molecular flexibility index (Phi) is 4.35. The highest BCUT2D eigenvalue weighted by Gasteiger charge is 2.24. The molecule has 2 rings (SSSR count). The van der Waals surface area contributed by atoms with Crippen LogP contribution in [0.5, 0.6) is 5.75 Å². The quantitative estimate of drug-likeness (QED) is 0.733. The summed E-state index contributed by atoms with van der Waals surface area (Å²) in [5, 5.41) is 0. The fourth-order valence-corrected chi connectivity index (χ4v) is 3.50. The Morgan fingerprint density at radius 1 is 1.00 bits per heavy atom. The fourth-order valence-electron chi connectivity index (χ4n) is 2.54. The van der Waals surface area contributed by atoms with Crippen molar-refractivity contribution in [1.82, 2.24) is 0 Å². The summed E-state index contributed by atoms with van der Waals surface area (Å²) in [5.74, 6) is 2.16. The molecule has 0 radical (unpaired) electrons. The van der Waals surface area contributed by atoms with Gasteiger partial charge in [0.1, 0.15) is 5.75 Å². The van der Waals surface area contributed by atoms with Gasteiger partial charge in [-0.25, -0.2) is 0 Å². The Morgan fingerprint density at radius 3 is 2.37 bits per heavy atom. The van der Waals surface area contributed by atoms with Crippen LogP contribution < -0.4 is 4.74 Å². The number of allylic oxidation sites excluding steroid dienone is 2. The first kappa shape index (κ1) is 14.2. The van der Waals surface area contributed by atoms with Crippen LogP contribution in [0.25, 0.3) is 5.57 Å². The molecular formula is C16H24O2Si. The van der Waals surface area contributed by atoms with Crippen molar-refractivity contribution in [2.24, 2.45) is 0 Å². The van der Waals surface area contributed by atoms with Crippen molar-refractivity contribution in [3.8, 4) is 5.75 Å². The lowest BCUT2D eigenvalue weighted by atomic mass is 9.92. The van der Waals surface area contributed by atoms with Crippen molar-refractivity contribution in [1.29, 1.82) is 0 Å². The van der Waals surface area contributed by atoms with Gasteiger partial charge in [0.05, 0.1) is 12.9 Å².